The summed E-state index contributed by atoms with van der Waals surface area (Å²) < 4.78 is 5.44. The number of nitrogens with one attached hydrogen (secondary N) is 2. The summed E-state index contributed by atoms with van der Waals surface area (Å²) in [6.07, 6.45) is 7.56. The SMILES string of the molecule is CN(C)c1ncncc1NC(=O)N[C@@H]1CCCc2occc21. The summed E-state index contributed by atoms with van der Waals surface area (Å²) in [5.41, 5.74) is 1.65. The van der Waals surface area contributed by atoms with Crippen molar-refractivity contribution in [1.82, 2.24) is 15.3 Å². The van der Waals surface area contributed by atoms with E-state index in [1.807, 2.05) is 25.1 Å². The zero-order valence-electron chi connectivity index (χ0n) is 12.7. The molecule has 0 bridgehead atoms. The Hall–Kier alpha value is -2.57. The minimum absolute atomic E-state index is 0.0186. The van der Waals surface area contributed by atoms with Gasteiger partial charge in [0.15, 0.2) is 5.82 Å². The fraction of sp³-hybridized carbons (Fsp3) is 0.400. The molecule has 2 N–H and O–H groups in total. The third-order valence-electron chi connectivity index (χ3n) is 3.72. The van der Waals surface area contributed by atoms with Crippen molar-refractivity contribution >= 4 is 17.5 Å². The molecule has 1 aliphatic rings. The fourth-order valence-corrected chi connectivity index (χ4v) is 2.72. The lowest BCUT2D eigenvalue weighted by Crippen LogP contribution is -2.34. The number of carbonyl (C=O) groups is 1. The van der Waals surface area contributed by atoms with Crippen LogP contribution in [-0.4, -0.2) is 30.1 Å². The first-order valence-corrected chi connectivity index (χ1v) is 7.26. The van der Waals surface area contributed by atoms with E-state index in [0.717, 1.165) is 30.6 Å². The first-order chi connectivity index (χ1) is 10.6. The van der Waals surface area contributed by atoms with Gasteiger partial charge in [-0.1, -0.05) is 0 Å². The van der Waals surface area contributed by atoms with Crippen LogP contribution in [0.15, 0.2) is 29.3 Å². The number of anilines is 2. The first-order valence-electron chi connectivity index (χ1n) is 7.26. The van der Waals surface area contributed by atoms with Crippen molar-refractivity contribution in [2.45, 2.75) is 25.3 Å². The summed E-state index contributed by atoms with van der Waals surface area (Å²) in [6, 6.07) is 1.64. The molecule has 0 saturated carbocycles. The number of hydrogen-bond acceptors (Lipinski definition) is 5. The Kier molecular flexibility index (Phi) is 3.95. The van der Waals surface area contributed by atoms with E-state index >= 15 is 0 Å². The highest BCUT2D eigenvalue weighted by atomic mass is 16.3. The largest absolute Gasteiger partial charge is 0.469 e. The van der Waals surface area contributed by atoms with Gasteiger partial charge in [-0.05, 0) is 18.9 Å². The van der Waals surface area contributed by atoms with Crippen molar-refractivity contribution in [3.63, 3.8) is 0 Å². The van der Waals surface area contributed by atoms with Crippen LogP contribution in [0.25, 0.3) is 0 Å². The predicted octanol–water partition coefficient (Wildman–Crippen LogP) is 2.33. The molecule has 116 valence electrons. The quantitative estimate of drug-likeness (QED) is 0.909. The number of hydrogen-bond donors (Lipinski definition) is 2. The maximum absolute atomic E-state index is 12.3. The van der Waals surface area contributed by atoms with Crippen LogP contribution in [0.4, 0.5) is 16.3 Å². The van der Waals surface area contributed by atoms with E-state index in [4.69, 9.17) is 4.42 Å². The highest BCUT2D eigenvalue weighted by Crippen LogP contribution is 2.30. The number of nitrogens with zero attached hydrogens (tertiary/aromatic N) is 3. The van der Waals surface area contributed by atoms with Crippen molar-refractivity contribution in [2.75, 3.05) is 24.3 Å². The Balaban J connectivity index is 1.70. The molecule has 2 aromatic heterocycles. The Bertz CT molecular complexity index is 667. The third-order valence-corrected chi connectivity index (χ3v) is 3.72. The van der Waals surface area contributed by atoms with Gasteiger partial charge in [0.25, 0.3) is 0 Å². The molecule has 0 unspecified atom stereocenters. The number of rotatable bonds is 3. The van der Waals surface area contributed by atoms with E-state index in [-0.39, 0.29) is 12.1 Å². The number of aromatic nitrogens is 2. The van der Waals surface area contributed by atoms with Gasteiger partial charge in [-0.2, -0.15) is 0 Å². The van der Waals surface area contributed by atoms with Crippen molar-refractivity contribution in [3.05, 3.63) is 36.2 Å². The van der Waals surface area contributed by atoms with Crippen molar-refractivity contribution in [3.8, 4) is 0 Å². The Morgan fingerprint density at radius 2 is 2.32 bits per heavy atom. The van der Waals surface area contributed by atoms with Gasteiger partial charge in [0, 0.05) is 26.1 Å². The fourth-order valence-electron chi connectivity index (χ4n) is 2.72. The molecule has 7 heteroatoms. The second kappa shape index (κ2) is 6.05. The van der Waals surface area contributed by atoms with Crippen LogP contribution >= 0.6 is 0 Å². The van der Waals surface area contributed by atoms with Crippen molar-refractivity contribution in [2.24, 2.45) is 0 Å². The third kappa shape index (κ3) is 2.88. The number of carbonyl (C=O) groups excluding carboxylic acids is 1. The Morgan fingerprint density at radius 1 is 1.45 bits per heavy atom. The Morgan fingerprint density at radius 3 is 3.14 bits per heavy atom. The van der Waals surface area contributed by atoms with Gasteiger partial charge < -0.3 is 20.0 Å². The van der Waals surface area contributed by atoms with Crippen LogP contribution in [0, 0.1) is 0 Å². The van der Waals surface area contributed by atoms with Crippen LogP contribution in [0.5, 0.6) is 0 Å². The number of fused-ring (bicyclic) bond motifs is 1. The monoisotopic (exact) mass is 301 g/mol. The molecule has 2 aromatic rings. The zero-order chi connectivity index (χ0) is 15.5. The van der Waals surface area contributed by atoms with Gasteiger partial charge in [0.1, 0.15) is 17.8 Å². The van der Waals surface area contributed by atoms with Crippen LogP contribution in [0.3, 0.4) is 0 Å². The summed E-state index contributed by atoms with van der Waals surface area (Å²) in [4.78, 5) is 22.2. The van der Waals surface area contributed by atoms with E-state index in [1.165, 1.54) is 6.33 Å². The zero-order valence-corrected chi connectivity index (χ0v) is 12.7. The molecule has 22 heavy (non-hydrogen) atoms. The molecular formula is C15H19N5O2. The number of urea groups is 1. The molecule has 2 amide bonds. The Labute approximate surface area is 128 Å². The molecular weight excluding hydrogens is 282 g/mol. The molecule has 2 heterocycles. The minimum atomic E-state index is -0.267. The molecule has 3 rings (SSSR count). The average molecular weight is 301 g/mol. The van der Waals surface area contributed by atoms with Gasteiger partial charge in [-0.15, -0.1) is 0 Å². The van der Waals surface area contributed by atoms with Crippen LogP contribution < -0.4 is 15.5 Å². The van der Waals surface area contributed by atoms with Gasteiger partial charge in [-0.3, -0.25) is 0 Å². The second-order valence-corrected chi connectivity index (χ2v) is 5.50. The molecule has 0 aliphatic heterocycles. The van der Waals surface area contributed by atoms with Gasteiger partial charge in [0.2, 0.25) is 0 Å². The van der Waals surface area contributed by atoms with E-state index in [1.54, 1.807) is 12.5 Å². The highest BCUT2D eigenvalue weighted by molar-refractivity contribution is 5.92. The van der Waals surface area contributed by atoms with Crippen LogP contribution in [0.1, 0.15) is 30.2 Å². The minimum Gasteiger partial charge on any atom is -0.469 e. The standard InChI is InChI=1S/C15H19N5O2/c1-20(2)14-12(8-16-9-17-14)19-15(21)18-11-4-3-5-13-10(11)6-7-22-13/h6-9,11H,3-5H2,1-2H3,(H2,18,19,21)/t11-/m1/s1. The molecule has 7 nitrogen and oxygen atoms in total. The number of aryl methyl sites for hydroxylation is 1. The summed E-state index contributed by atoms with van der Waals surface area (Å²) in [5.74, 6) is 1.63. The van der Waals surface area contributed by atoms with Gasteiger partial charge >= 0.3 is 6.03 Å². The molecule has 1 aliphatic carbocycles. The topological polar surface area (TPSA) is 83.3 Å². The molecule has 0 aromatic carbocycles. The van der Waals surface area contributed by atoms with Crippen LogP contribution in [-0.2, 0) is 6.42 Å². The summed E-state index contributed by atoms with van der Waals surface area (Å²) in [6.45, 7) is 0. The molecule has 1 atom stereocenters. The lowest BCUT2D eigenvalue weighted by atomic mass is 9.93. The summed E-state index contributed by atoms with van der Waals surface area (Å²) >= 11 is 0. The van der Waals surface area contributed by atoms with Gasteiger partial charge in [0.05, 0.1) is 18.5 Å². The summed E-state index contributed by atoms with van der Waals surface area (Å²) in [7, 11) is 3.73. The van der Waals surface area contributed by atoms with E-state index in [2.05, 4.69) is 20.6 Å². The maximum atomic E-state index is 12.3. The lowest BCUT2D eigenvalue weighted by Gasteiger charge is -2.23. The number of amides is 2. The smallest absolute Gasteiger partial charge is 0.319 e. The van der Waals surface area contributed by atoms with E-state index in [0.29, 0.717) is 11.5 Å². The molecule has 0 spiro atoms. The first kappa shape index (κ1) is 14.4. The molecule has 0 radical (unpaired) electrons. The number of furan rings is 1. The normalized spacial score (nSPS) is 16.7. The van der Waals surface area contributed by atoms with Crippen molar-refractivity contribution < 1.29 is 9.21 Å². The molecule has 0 fully saturated rings. The average Bonchev–Trinajstić information content (AvgIpc) is 2.97. The summed E-state index contributed by atoms with van der Waals surface area (Å²) in [5, 5.41) is 5.81. The maximum Gasteiger partial charge on any atom is 0.319 e. The van der Waals surface area contributed by atoms with Crippen LogP contribution in [0.2, 0.25) is 0 Å². The van der Waals surface area contributed by atoms with Crippen molar-refractivity contribution in [1.29, 1.82) is 0 Å². The predicted molar refractivity (Wildman–Crippen MR) is 82.9 cm³/mol. The van der Waals surface area contributed by atoms with Gasteiger partial charge in [-0.25, -0.2) is 14.8 Å². The lowest BCUT2D eigenvalue weighted by molar-refractivity contribution is 0.246. The second-order valence-electron chi connectivity index (χ2n) is 5.50. The highest BCUT2D eigenvalue weighted by Gasteiger charge is 2.24. The van der Waals surface area contributed by atoms with E-state index in [9.17, 15) is 4.79 Å². The van der Waals surface area contributed by atoms with E-state index < -0.39 is 0 Å². The molecule has 0 saturated heterocycles.